The fraction of sp³-hybridized carbons (Fsp3) is 0.917. The van der Waals surface area contributed by atoms with E-state index in [9.17, 15) is 4.79 Å². The van der Waals surface area contributed by atoms with Crippen LogP contribution in [0.15, 0.2) is 0 Å². The Hall–Kier alpha value is -0.610. The van der Waals surface area contributed by atoms with E-state index in [1.54, 1.807) is 0 Å². The SMILES string of the molecule is C[NH+](C)CCOC(=O)[C@H]1CCCCC[NH+]1C. The summed E-state index contributed by atoms with van der Waals surface area (Å²) < 4.78 is 5.34. The first-order chi connectivity index (χ1) is 7.61. The second-order valence-electron chi connectivity index (χ2n) is 5.12. The molecule has 0 saturated carbocycles. The maximum Gasteiger partial charge on any atom is 0.365 e. The number of carbonyl (C=O) groups excluding carboxylic acids is 1. The average Bonchev–Trinajstić information content (AvgIpc) is 2.42. The van der Waals surface area contributed by atoms with Gasteiger partial charge >= 0.3 is 5.97 Å². The molecule has 0 spiro atoms. The van der Waals surface area contributed by atoms with Crippen molar-refractivity contribution in [3.8, 4) is 0 Å². The van der Waals surface area contributed by atoms with Crippen molar-refractivity contribution in [2.45, 2.75) is 31.7 Å². The van der Waals surface area contributed by atoms with E-state index in [0.29, 0.717) is 6.61 Å². The van der Waals surface area contributed by atoms with Gasteiger partial charge in [0.15, 0.2) is 6.04 Å². The van der Waals surface area contributed by atoms with Crippen molar-refractivity contribution in [1.29, 1.82) is 0 Å². The largest absolute Gasteiger partial charge is 0.455 e. The van der Waals surface area contributed by atoms with Gasteiger partial charge in [-0.3, -0.25) is 0 Å². The van der Waals surface area contributed by atoms with Crippen LogP contribution in [0.1, 0.15) is 25.7 Å². The Labute approximate surface area is 98.5 Å². The quantitative estimate of drug-likeness (QED) is 0.555. The molecule has 16 heavy (non-hydrogen) atoms. The van der Waals surface area contributed by atoms with Crippen molar-refractivity contribution in [3.63, 3.8) is 0 Å². The standard InChI is InChI=1S/C12H24N2O2/c1-13(2)9-10-16-12(15)11-7-5-4-6-8-14(11)3/h11H,4-10H2,1-3H3/p+2/t11-/m1/s1. The van der Waals surface area contributed by atoms with Crippen molar-refractivity contribution in [3.05, 3.63) is 0 Å². The van der Waals surface area contributed by atoms with Crippen LogP contribution in [0.3, 0.4) is 0 Å². The number of carbonyl (C=O) groups is 1. The van der Waals surface area contributed by atoms with Crippen LogP contribution in [0.2, 0.25) is 0 Å². The molecule has 2 N–H and O–H groups in total. The summed E-state index contributed by atoms with van der Waals surface area (Å²) in [6.07, 6.45) is 4.63. The Kier molecular flexibility index (Phi) is 5.77. The highest BCUT2D eigenvalue weighted by Crippen LogP contribution is 2.06. The second kappa shape index (κ2) is 6.86. The Morgan fingerprint density at radius 1 is 1.38 bits per heavy atom. The maximum absolute atomic E-state index is 11.9. The summed E-state index contributed by atoms with van der Waals surface area (Å²) in [5.74, 6) is 0.000602. The molecule has 1 saturated heterocycles. The third-order valence-corrected chi connectivity index (χ3v) is 3.29. The summed E-state index contributed by atoms with van der Waals surface area (Å²) in [5.41, 5.74) is 0. The highest BCUT2D eigenvalue weighted by Gasteiger charge is 2.29. The smallest absolute Gasteiger partial charge is 0.365 e. The summed E-state index contributed by atoms with van der Waals surface area (Å²) in [6, 6.07) is 0.0691. The van der Waals surface area contributed by atoms with Crippen LogP contribution in [0.4, 0.5) is 0 Å². The van der Waals surface area contributed by atoms with Crippen LogP contribution < -0.4 is 9.80 Å². The molecule has 1 aliphatic heterocycles. The number of hydrogen-bond acceptors (Lipinski definition) is 2. The summed E-state index contributed by atoms with van der Waals surface area (Å²) in [5, 5.41) is 0. The first kappa shape index (κ1) is 13.5. The molecule has 0 aromatic rings. The predicted molar refractivity (Wildman–Crippen MR) is 62.6 cm³/mol. The van der Waals surface area contributed by atoms with E-state index in [0.717, 1.165) is 25.9 Å². The van der Waals surface area contributed by atoms with Crippen LogP contribution >= 0.6 is 0 Å². The average molecular weight is 230 g/mol. The third kappa shape index (κ3) is 4.49. The molecule has 1 rings (SSSR count). The van der Waals surface area contributed by atoms with Crippen LogP contribution in [0, 0.1) is 0 Å². The van der Waals surface area contributed by atoms with Gasteiger partial charge in [-0.15, -0.1) is 0 Å². The zero-order chi connectivity index (χ0) is 12.0. The van der Waals surface area contributed by atoms with Gasteiger partial charge in [0.2, 0.25) is 0 Å². The van der Waals surface area contributed by atoms with E-state index in [1.165, 1.54) is 22.6 Å². The number of quaternary nitrogens is 2. The number of hydrogen-bond donors (Lipinski definition) is 2. The van der Waals surface area contributed by atoms with Gasteiger partial charge < -0.3 is 14.5 Å². The van der Waals surface area contributed by atoms with Crippen molar-refractivity contribution >= 4 is 5.97 Å². The zero-order valence-electron chi connectivity index (χ0n) is 10.8. The van der Waals surface area contributed by atoms with Gasteiger partial charge in [0.05, 0.1) is 27.7 Å². The minimum absolute atomic E-state index is 0.000602. The molecular formula is C12H26N2O2+2. The van der Waals surface area contributed by atoms with E-state index in [1.807, 2.05) is 0 Å². The summed E-state index contributed by atoms with van der Waals surface area (Å²) in [4.78, 5) is 14.5. The van der Waals surface area contributed by atoms with Gasteiger partial charge in [-0.25, -0.2) is 4.79 Å². The van der Waals surface area contributed by atoms with E-state index in [4.69, 9.17) is 4.74 Å². The number of nitrogens with one attached hydrogen (secondary N) is 2. The lowest BCUT2D eigenvalue weighted by atomic mass is 10.1. The van der Waals surface area contributed by atoms with Gasteiger partial charge in [0.1, 0.15) is 13.2 Å². The molecule has 94 valence electrons. The molecule has 4 heteroatoms. The number of likely N-dealkylation sites (tertiary alicyclic amines) is 1. The maximum atomic E-state index is 11.9. The lowest BCUT2D eigenvalue weighted by Gasteiger charge is -2.21. The van der Waals surface area contributed by atoms with Crippen LogP contribution in [-0.4, -0.2) is 52.9 Å². The van der Waals surface area contributed by atoms with Gasteiger partial charge in [0.25, 0.3) is 0 Å². The molecule has 0 amide bonds. The molecule has 1 heterocycles. The molecule has 0 aromatic heterocycles. The third-order valence-electron chi connectivity index (χ3n) is 3.29. The molecule has 0 bridgehead atoms. The Balaban J connectivity index is 2.33. The molecule has 0 aromatic carbocycles. The van der Waals surface area contributed by atoms with E-state index in [-0.39, 0.29) is 12.0 Å². The van der Waals surface area contributed by atoms with Gasteiger partial charge in [0, 0.05) is 6.42 Å². The fourth-order valence-corrected chi connectivity index (χ4v) is 2.13. The first-order valence-electron chi connectivity index (χ1n) is 6.39. The normalized spacial score (nSPS) is 26.5. The van der Waals surface area contributed by atoms with E-state index < -0.39 is 0 Å². The second-order valence-corrected chi connectivity index (χ2v) is 5.12. The first-order valence-corrected chi connectivity index (χ1v) is 6.39. The van der Waals surface area contributed by atoms with Crippen molar-refractivity contribution < 1.29 is 19.3 Å². The fourth-order valence-electron chi connectivity index (χ4n) is 2.13. The molecule has 0 aliphatic carbocycles. The van der Waals surface area contributed by atoms with E-state index >= 15 is 0 Å². The lowest BCUT2D eigenvalue weighted by Crippen LogP contribution is -3.14. The molecule has 1 fully saturated rings. The Morgan fingerprint density at radius 3 is 2.81 bits per heavy atom. The van der Waals surface area contributed by atoms with Gasteiger partial charge in [-0.1, -0.05) is 0 Å². The predicted octanol–water partition coefficient (Wildman–Crippen LogP) is -1.87. The van der Waals surface area contributed by atoms with Gasteiger partial charge in [-0.2, -0.15) is 0 Å². The highest BCUT2D eigenvalue weighted by atomic mass is 16.5. The molecule has 4 nitrogen and oxygen atoms in total. The number of ether oxygens (including phenoxy) is 1. The molecule has 1 unspecified atom stereocenters. The topological polar surface area (TPSA) is 35.2 Å². The number of rotatable bonds is 4. The molecule has 1 aliphatic rings. The highest BCUT2D eigenvalue weighted by molar-refractivity contribution is 5.74. The monoisotopic (exact) mass is 230 g/mol. The van der Waals surface area contributed by atoms with Crippen molar-refractivity contribution in [2.24, 2.45) is 0 Å². The van der Waals surface area contributed by atoms with Crippen molar-refractivity contribution in [1.82, 2.24) is 0 Å². The Bertz CT molecular complexity index is 219. The summed E-state index contributed by atoms with van der Waals surface area (Å²) in [6.45, 7) is 2.53. The summed E-state index contributed by atoms with van der Waals surface area (Å²) >= 11 is 0. The minimum Gasteiger partial charge on any atom is -0.455 e. The molecular weight excluding hydrogens is 204 g/mol. The van der Waals surface area contributed by atoms with Crippen LogP contribution in [0.5, 0.6) is 0 Å². The zero-order valence-corrected chi connectivity index (χ0v) is 10.8. The number of likely N-dealkylation sites (N-methyl/N-ethyl adjacent to an activating group) is 2. The van der Waals surface area contributed by atoms with Crippen molar-refractivity contribution in [2.75, 3.05) is 40.8 Å². The van der Waals surface area contributed by atoms with E-state index in [2.05, 4.69) is 21.1 Å². The van der Waals surface area contributed by atoms with Gasteiger partial charge in [-0.05, 0) is 19.3 Å². The summed E-state index contributed by atoms with van der Waals surface area (Å²) in [7, 11) is 6.24. The minimum atomic E-state index is 0.000602. The molecule has 0 radical (unpaired) electrons. The lowest BCUT2D eigenvalue weighted by molar-refractivity contribution is -0.896. The van der Waals surface area contributed by atoms with Crippen LogP contribution in [0.25, 0.3) is 0 Å². The number of esters is 1. The molecule has 2 atom stereocenters. The van der Waals surface area contributed by atoms with Crippen LogP contribution in [-0.2, 0) is 9.53 Å². The Morgan fingerprint density at radius 2 is 2.12 bits per heavy atom.